The first-order valence-corrected chi connectivity index (χ1v) is 7.32. The van der Waals surface area contributed by atoms with Crippen LogP contribution in [0.4, 0.5) is 11.5 Å². The van der Waals surface area contributed by atoms with Crippen molar-refractivity contribution in [2.24, 2.45) is 0 Å². The summed E-state index contributed by atoms with van der Waals surface area (Å²) >= 11 is 0. The summed E-state index contributed by atoms with van der Waals surface area (Å²) in [5.74, 6) is 0.897. The number of anilines is 1. The van der Waals surface area contributed by atoms with Crippen LogP contribution in [0.2, 0.25) is 0 Å². The lowest BCUT2D eigenvalue weighted by Gasteiger charge is -2.34. The zero-order chi connectivity index (χ0) is 16.4. The van der Waals surface area contributed by atoms with Gasteiger partial charge in [-0.1, -0.05) is 12.1 Å². The van der Waals surface area contributed by atoms with Crippen molar-refractivity contribution in [3.63, 3.8) is 0 Å². The number of benzene rings is 1. The Balaban J connectivity index is 1.81. The standard InChI is InChI=1S/C16H17N3O4/c1-11-14(19(21)22)5-6-16(17-11)18-7-8-23-15(10-18)12-3-2-4-13(20)9-12/h2-6,9,15,20H,7-8,10H2,1H3/t15-/m0/s1. The number of hydrogen-bond donors (Lipinski definition) is 1. The number of hydrogen-bond acceptors (Lipinski definition) is 6. The largest absolute Gasteiger partial charge is 0.508 e. The van der Waals surface area contributed by atoms with Crippen molar-refractivity contribution in [1.29, 1.82) is 0 Å². The second-order valence-electron chi connectivity index (χ2n) is 5.43. The SMILES string of the molecule is Cc1nc(N2CCO[C@H](c3cccc(O)c3)C2)ccc1[N+](=O)[O-]. The van der Waals surface area contributed by atoms with Crippen molar-refractivity contribution < 1.29 is 14.8 Å². The second kappa shape index (κ2) is 6.21. The number of pyridine rings is 1. The van der Waals surface area contributed by atoms with E-state index in [1.165, 1.54) is 6.07 Å². The maximum Gasteiger partial charge on any atom is 0.290 e. The maximum absolute atomic E-state index is 10.9. The van der Waals surface area contributed by atoms with Crippen molar-refractivity contribution in [1.82, 2.24) is 4.98 Å². The fraction of sp³-hybridized carbons (Fsp3) is 0.312. The molecule has 7 heteroatoms. The molecule has 2 aromatic rings. The van der Waals surface area contributed by atoms with Crippen LogP contribution < -0.4 is 4.90 Å². The van der Waals surface area contributed by atoms with Crippen molar-refractivity contribution in [3.05, 3.63) is 57.8 Å². The van der Waals surface area contributed by atoms with Gasteiger partial charge < -0.3 is 14.7 Å². The van der Waals surface area contributed by atoms with Gasteiger partial charge in [-0.15, -0.1) is 0 Å². The third-order valence-corrected chi connectivity index (χ3v) is 3.87. The number of morpholine rings is 1. The Morgan fingerprint density at radius 3 is 2.91 bits per heavy atom. The van der Waals surface area contributed by atoms with Crippen LogP contribution in [0.25, 0.3) is 0 Å². The smallest absolute Gasteiger partial charge is 0.290 e. The van der Waals surface area contributed by atoms with Crippen LogP contribution in [-0.2, 0) is 4.74 Å². The van der Waals surface area contributed by atoms with Crippen molar-refractivity contribution in [2.45, 2.75) is 13.0 Å². The molecule has 1 aliphatic rings. The highest BCUT2D eigenvalue weighted by molar-refractivity contribution is 5.47. The Bertz CT molecular complexity index is 735. The number of rotatable bonds is 3. The minimum absolute atomic E-state index is 0.0199. The molecule has 2 heterocycles. The van der Waals surface area contributed by atoms with Gasteiger partial charge in [0.1, 0.15) is 23.4 Å². The first-order valence-electron chi connectivity index (χ1n) is 7.32. The molecule has 0 spiro atoms. The van der Waals surface area contributed by atoms with E-state index in [9.17, 15) is 15.2 Å². The molecule has 1 aromatic carbocycles. The highest BCUT2D eigenvalue weighted by Gasteiger charge is 2.24. The number of ether oxygens (including phenoxy) is 1. The van der Waals surface area contributed by atoms with E-state index < -0.39 is 4.92 Å². The summed E-state index contributed by atoms with van der Waals surface area (Å²) in [7, 11) is 0. The molecule has 23 heavy (non-hydrogen) atoms. The van der Waals surface area contributed by atoms with Gasteiger partial charge >= 0.3 is 0 Å². The van der Waals surface area contributed by atoms with Crippen LogP contribution in [0, 0.1) is 17.0 Å². The number of nitrogens with zero attached hydrogens (tertiary/aromatic N) is 3. The molecule has 1 fully saturated rings. The lowest BCUT2D eigenvalue weighted by molar-refractivity contribution is -0.385. The molecule has 120 valence electrons. The van der Waals surface area contributed by atoms with Crippen LogP contribution in [0.1, 0.15) is 17.4 Å². The average Bonchev–Trinajstić information content (AvgIpc) is 2.54. The van der Waals surface area contributed by atoms with E-state index >= 15 is 0 Å². The van der Waals surface area contributed by atoms with E-state index in [-0.39, 0.29) is 17.5 Å². The number of aromatic hydroxyl groups is 1. The summed E-state index contributed by atoms with van der Waals surface area (Å²) in [6.45, 7) is 3.40. The molecule has 0 radical (unpaired) electrons. The third kappa shape index (κ3) is 3.24. The van der Waals surface area contributed by atoms with Crippen molar-refractivity contribution in [2.75, 3.05) is 24.6 Å². The summed E-state index contributed by atoms with van der Waals surface area (Å²) in [6, 6.07) is 10.1. The minimum Gasteiger partial charge on any atom is -0.508 e. The topological polar surface area (TPSA) is 88.7 Å². The molecule has 1 aromatic heterocycles. The first kappa shape index (κ1) is 15.2. The van der Waals surface area contributed by atoms with Gasteiger partial charge in [-0.05, 0) is 30.7 Å². The number of phenolic OH excluding ortho intramolecular Hbond substituents is 1. The molecular formula is C16H17N3O4. The molecular weight excluding hydrogens is 298 g/mol. The quantitative estimate of drug-likeness (QED) is 0.692. The van der Waals surface area contributed by atoms with Crippen molar-refractivity contribution >= 4 is 11.5 Å². The molecule has 1 aliphatic heterocycles. The molecule has 3 rings (SSSR count). The third-order valence-electron chi connectivity index (χ3n) is 3.87. The normalized spacial score (nSPS) is 18.0. The zero-order valence-corrected chi connectivity index (χ0v) is 12.7. The second-order valence-corrected chi connectivity index (χ2v) is 5.43. The average molecular weight is 315 g/mol. The van der Waals surface area contributed by atoms with Gasteiger partial charge in [0.15, 0.2) is 0 Å². The molecule has 0 bridgehead atoms. The van der Waals surface area contributed by atoms with Gasteiger partial charge in [0.2, 0.25) is 0 Å². The minimum atomic E-state index is -0.430. The van der Waals surface area contributed by atoms with E-state index in [2.05, 4.69) is 4.98 Å². The van der Waals surface area contributed by atoms with Crippen LogP contribution in [-0.4, -0.2) is 34.7 Å². The van der Waals surface area contributed by atoms with E-state index in [0.29, 0.717) is 31.2 Å². The predicted octanol–water partition coefficient (Wildman–Crippen LogP) is 2.58. The van der Waals surface area contributed by atoms with E-state index in [1.807, 2.05) is 11.0 Å². The number of phenols is 1. The Morgan fingerprint density at radius 1 is 1.39 bits per heavy atom. The summed E-state index contributed by atoms with van der Waals surface area (Å²) in [4.78, 5) is 16.8. The Kier molecular flexibility index (Phi) is 4.12. The van der Waals surface area contributed by atoms with Gasteiger partial charge in [-0.25, -0.2) is 4.98 Å². The summed E-state index contributed by atoms with van der Waals surface area (Å²) in [5.41, 5.74) is 1.31. The summed E-state index contributed by atoms with van der Waals surface area (Å²) in [5, 5.41) is 20.5. The number of aryl methyl sites for hydroxylation is 1. The van der Waals surface area contributed by atoms with Gasteiger partial charge in [-0.2, -0.15) is 0 Å². The maximum atomic E-state index is 10.9. The van der Waals surface area contributed by atoms with E-state index in [0.717, 1.165) is 5.56 Å². The van der Waals surface area contributed by atoms with Crippen LogP contribution in [0.5, 0.6) is 5.75 Å². The highest BCUT2D eigenvalue weighted by atomic mass is 16.6. The first-order chi connectivity index (χ1) is 11.0. The van der Waals surface area contributed by atoms with Crippen LogP contribution >= 0.6 is 0 Å². The molecule has 7 nitrogen and oxygen atoms in total. The molecule has 1 atom stereocenters. The molecule has 0 amide bonds. The monoisotopic (exact) mass is 315 g/mol. The fourth-order valence-corrected chi connectivity index (χ4v) is 2.69. The van der Waals surface area contributed by atoms with Gasteiger partial charge in [0.05, 0.1) is 11.5 Å². The lowest BCUT2D eigenvalue weighted by atomic mass is 10.1. The van der Waals surface area contributed by atoms with E-state index in [4.69, 9.17) is 4.74 Å². The molecule has 0 unspecified atom stereocenters. The fourth-order valence-electron chi connectivity index (χ4n) is 2.69. The van der Waals surface area contributed by atoms with Crippen LogP contribution in [0.3, 0.4) is 0 Å². The molecule has 0 saturated carbocycles. The number of nitro groups is 1. The van der Waals surface area contributed by atoms with Crippen molar-refractivity contribution in [3.8, 4) is 5.75 Å². The zero-order valence-electron chi connectivity index (χ0n) is 12.7. The Morgan fingerprint density at radius 2 is 2.22 bits per heavy atom. The molecule has 1 N–H and O–H groups in total. The lowest BCUT2D eigenvalue weighted by Crippen LogP contribution is -2.38. The van der Waals surface area contributed by atoms with Gasteiger partial charge in [-0.3, -0.25) is 10.1 Å². The van der Waals surface area contributed by atoms with E-state index in [1.54, 1.807) is 31.2 Å². The summed E-state index contributed by atoms with van der Waals surface area (Å²) in [6.07, 6.45) is -0.173. The summed E-state index contributed by atoms with van der Waals surface area (Å²) < 4.78 is 5.77. The van der Waals surface area contributed by atoms with Gasteiger partial charge in [0, 0.05) is 19.2 Å². The van der Waals surface area contributed by atoms with Gasteiger partial charge in [0.25, 0.3) is 5.69 Å². The predicted molar refractivity (Wildman–Crippen MR) is 84.6 cm³/mol. The molecule has 0 aliphatic carbocycles. The number of aromatic nitrogens is 1. The Labute approximate surface area is 133 Å². The Hall–Kier alpha value is -2.67. The molecule has 1 saturated heterocycles. The highest BCUT2D eigenvalue weighted by Crippen LogP contribution is 2.28. The van der Waals surface area contributed by atoms with Crippen LogP contribution in [0.15, 0.2) is 36.4 Å².